The Morgan fingerprint density at radius 1 is 0.833 bits per heavy atom. The molecule has 3 atom stereocenters. The fourth-order valence-electron chi connectivity index (χ4n) is 7.15. The van der Waals surface area contributed by atoms with Gasteiger partial charge >= 0.3 is 0 Å². The van der Waals surface area contributed by atoms with Gasteiger partial charge < -0.3 is 37.8 Å². The molecule has 1 fully saturated rings. The predicted molar refractivity (Wildman–Crippen MR) is 207 cm³/mol. The van der Waals surface area contributed by atoms with E-state index in [1.165, 1.54) is 64.7 Å². The molecular formula is C42H40F4N4O10. The second-order valence-electron chi connectivity index (χ2n) is 14.3. The molecule has 0 saturated carbocycles. The van der Waals surface area contributed by atoms with Crippen LogP contribution in [0.3, 0.4) is 0 Å². The number of nitrogens with zero attached hydrogens (tertiary/aromatic N) is 4. The number of methoxy groups -OCH3 is 2. The molecule has 7 rings (SSSR count). The molecule has 0 radical (unpaired) electrons. The summed E-state index contributed by atoms with van der Waals surface area (Å²) in [4.78, 5) is 78.3. The molecule has 0 unspecified atom stereocenters. The quantitative estimate of drug-likeness (QED) is 0.142. The van der Waals surface area contributed by atoms with Crippen LogP contribution in [0.2, 0.25) is 0 Å². The lowest BCUT2D eigenvalue weighted by Crippen LogP contribution is -2.49. The van der Waals surface area contributed by atoms with E-state index < -0.39 is 69.4 Å². The maximum Gasteiger partial charge on any atom is 0.279 e. The van der Waals surface area contributed by atoms with Crippen molar-refractivity contribution >= 4 is 23.0 Å². The van der Waals surface area contributed by atoms with Crippen LogP contribution >= 0.6 is 0 Å². The summed E-state index contributed by atoms with van der Waals surface area (Å²) in [5, 5.41) is 9.32. The summed E-state index contributed by atoms with van der Waals surface area (Å²) < 4.78 is 73.8. The summed E-state index contributed by atoms with van der Waals surface area (Å²) in [7, 11) is 2.48. The summed E-state index contributed by atoms with van der Waals surface area (Å²) >= 11 is 0. The average molecular weight is 837 g/mol. The lowest BCUT2D eigenvalue weighted by molar-refractivity contribution is 0.00621. The number of benzene rings is 2. The van der Waals surface area contributed by atoms with Crippen molar-refractivity contribution in [2.24, 2.45) is 0 Å². The van der Waals surface area contributed by atoms with Crippen LogP contribution in [-0.2, 0) is 24.1 Å². The van der Waals surface area contributed by atoms with Crippen molar-refractivity contribution in [1.29, 1.82) is 0 Å². The van der Waals surface area contributed by atoms with Crippen LogP contribution < -0.4 is 25.9 Å². The lowest BCUT2D eigenvalue weighted by Gasteiger charge is -2.34. The van der Waals surface area contributed by atoms with Crippen molar-refractivity contribution < 1.29 is 51.3 Å². The molecule has 2 aliphatic heterocycles. The first-order valence-electron chi connectivity index (χ1n) is 18.7. The second-order valence-corrected chi connectivity index (χ2v) is 14.3. The summed E-state index contributed by atoms with van der Waals surface area (Å²) in [5.41, 5.74) is -2.01. The standard InChI is InChI=1S/2C21H20F2N2O5/c1-11-10-30-17-9-24-8-14(19(27)20(29-2)18(24)21(28)25(11)17)16(26)6-4-12-3-5-13(22)7-15(12)23;1-12(11-26)25-8-7-24-10-15(19(28)20(30-2)18(24)21(25)29)17(27)6-4-13-3-5-14(22)9-16(13)23/h3,5,7-8,11,17H,4,6,9-10H2,1-2H3;3,5,7-10,12,26H,4,6,11H2,1-2H3/t11-,17+;12-/m00/s1. The Labute approximate surface area is 338 Å². The maximum atomic E-state index is 13.8. The van der Waals surface area contributed by atoms with Crippen LogP contribution in [-0.4, -0.2) is 80.7 Å². The van der Waals surface area contributed by atoms with E-state index in [0.717, 1.165) is 24.3 Å². The number of halogens is 4. The minimum atomic E-state index is -0.769. The van der Waals surface area contributed by atoms with Crippen LogP contribution in [0.15, 0.2) is 75.6 Å². The molecule has 5 aromatic rings. The van der Waals surface area contributed by atoms with Crippen LogP contribution in [0.1, 0.15) is 75.1 Å². The smallest absolute Gasteiger partial charge is 0.279 e. The number of hydrogen-bond acceptors (Lipinski definition) is 10. The van der Waals surface area contributed by atoms with Gasteiger partial charge in [0.25, 0.3) is 11.5 Å². The minimum Gasteiger partial charge on any atom is -0.491 e. The summed E-state index contributed by atoms with van der Waals surface area (Å²) in [6.45, 7) is 3.85. The number of hydrogen-bond donors (Lipinski definition) is 1. The van der Waals surface area contributed by atoms with Gasteiger partial charge in [-0.2, -0.15) is 0 Å². The minimum absolute atomic E-state index is 0.00438. The third-order valence-corrected chi connectivity index (χ3v) is 10.4. The largest absolute Gasteiger partial charge is 0.491 e. The van der Waals surface area contributed by atoms with Gasteiger partial charge in [0.15, 0.2) is 40.5 Å². The van der Waals surface area contributed by atoms with Crippen molar-refractivity contribution in [2.45, 2.75) is 64.4 Å². The fourth-order valence-corrected chi connectivity index (χ4v) is 7.15. The van der Waals surface area contributed by atoms with Crippen LogP contribution in [0.25, 0.3) is 5.52 Å². The highest BCUT2D eigenvalue weighted by Gasteiger charge is 2.43. The van der Waals surface area contributed by atoms with Crippen molar-refractivity contribution in [2.75, 3.05) is 27.4 Å². The molecule has 18 heteroatoms. The van der Waals surface area contributed by atoms with E-state index in [1.54, 1.807) is 11.8 Å². The highest BCUT2D eigenvalue weighted by Crippen LogP contribution is 2.30. The average Bonchev–Trinajstić information content (AvgIpc) is 3.60. The number of aromatic nitrogens is 3. The van der Waals surface area contributed by atoms with Gasteiger partial charge in [-0.3, -0.25) is 28.8 Å². The highest BCUT2D eigenvalue weighted by atomic mass is 19.1. The summed E-state index contributed by atoms with van der Waals surface area (Å²) in [6, 6.07) is 5.54. The van der Waals surface area contributed by atoms with Gasteiger partial charge in [0.1, 0.15) is 23.3 Å². The summed E-state index contributed by atoms with van der Waals surface area (Å²) in [6.07, 6.45) is 4.63. The molecule has 0 bridgehead atoms. The molecule has 316 valence electrons. The Balaban J connectivity index is 0.000000201. The molecule has 1 saturated heterocycles. The maximum absolute atomic E-state index is 13.8. The lowest BCUT2D eigenvalue weighted by atomic mass is 10.0. The zero-order valence-corrected chi connectivity index (χ0v) is 32.9. The Bertz CT molecular complexity index is 2700. The van der Waals surface area contributed by atoms with Gasteiger partial charge in [-0.1, -0.05) is 12.1 Å². The van der Waals surface area contributed by atoms with E-state index in [9.17, 15) is 51.4 Å². The van der Waals surface area contributed by atoms with Crippen molar-refractivity contribution in [3.63, 3.8) is 0 Å². The number of carbonyl (C=O) groups excluding carboxylic acids is 3. The normalized spacial score (nSPS) is 16.1. The molecule has 1 amide bonds. The number of rotatable bonds is 12. The van der Waals surface area contributed by atoms with Gasteiger partial charge in [0.05, 0.1) is 57.2 Å². The molecule has 0 spiro atoms. The van der Waals surface area contributed by atoms with Gasteiger partial charge in [0, 0.05) is 49.8 Å². The van der Waals surface area contributed by atoms with Gasteiger partial charge in [-0.15, -0.1) is 0 Å². The van der Waals surface area contributed by atoms with Gasteiger partial charge in [0.2, 0.25) is 10.9 Å². The van der Waals surface area contributed by atoms with Crippen LogP contribution in [0.5, 0.6) is 11.5 Å². The molecule has 1 N–H and O–H groups in total. The topological polar surface area (TPSA) is 168 Å². The Hall–Kier alpha value is -6.40. The molecule has 5 heterocycles. The molecule has 0 aliphatic carbocycles. The zero-order chi connectivity index (χ0) is 43.6. The van der Waals surface area contributed by atoms with Crippen LogP contribution in [0.4, 0.5) is 17.6 Å². The first-order valence-corrected chi connectivity index (χ1v) is 18.7. The first-order chi connectivity index (χ1) is 28.6. The fraction of sp³-hybridized carbons (Fsp3) is 0.333. The molecule has 14 nitrogen and oxygen atoms in total. The van der Waals surface area contributed by atoms with Crippen molar-refractivity contribution in [1.82, 2.24) is 18.4 Å². The number of ether oxygens (including phenoxy) is 3. The number of aliphatic hydroxyl groups excluding tert-OH is 1. The number of aliphatic hydroxyl groups is 1. The van der Waals surface area contributed by atoms with Gasteiger partial charge in [-0.05, 0) is 49.9 Å². The number of carbonyl (C=O) groups is 3. The molecular weight excluding hydrogens is 796 g/mol. The number of ketones is 2. The molecule has 3 aromatic heterocycles. The number of amides is 1. The van der Waals surface area contributed by atoms with Gasteiger partial charge in [-0.25, -0.2) is 17.6 Å². The van der Waals surface area contributed by atoms with E-state index in [0.29, 0.717) is 6.61 Å². The number of fused-ring (bicyclic) bond motifs is 3. The first kappa shape index (κ1) is 43.2. The Kier molecular flexibility index (Phi) is 12.8. The van der Waals surface area contributed by atoms with E-state index >= 15 is 0 Å². The number of Topliss-reactive ketones (excluding diaryl/α,β-unsaturated/α-hetero) is 2. The number of pyridine rings is 2. The third-order valence-electron chi connectivity index (χ3n) is 10.4. The predicted octanol–water partition coefficient (Wildman–Crippen LogP) is 4.27. The highest BCUT2D eigenvalue weighted by molar-refractivity contribution is 6.00. The van der Waals surface area contributed by atoms with E-state index in [-0.39, 0.29) is 89.8 Å². The molecule has 2 aromatic carbocycles. The Morgan fingerprint density at radius 2 is 1.38 bits per heavy atom. The molecule has 60 heavy (non-hydrogen) atoms. The second kappa shape index (κ2) is 17.8. The van der Waals surface area contributed by atoms with Crippen molar-refractivity contribution in [3.05, 3.63) is 143 Å². The van der Waals surface area contributed by atoms with E-state index in [2.05, 4.69) is 0 Å². The van der Waals surface area contributed by atoms with E-state index in [1.807, 2.05) is 6.92 Å². The van der Waals surface area contributed by atoms with Crippen LogP contribution in [0, 0.1) is 23.3 Å². The third kappa shape index (κ3) is 8.37. The van der Waals surface area contributed by atoms with Crippen molar-refractivity contribution in [3.8, 4) is 11.5 Å². The Morgan fingerprint density at radius 3 is 1.92 bits per heavy atom. The SMILES string of the molecule is COc1c(=O)c(C(=O)CCc2ccc(F)cc2F)cn2ccn([C@@H](C)CO)c(=O)c12.COc1c2n(cc(C(=O)CCc3ccc(F)cc3F)c1=O)C[C@H]1OC[C@H](C)N1C2=O. The summed E-state index contributed by atoms with van der Waals surface area (Å²) in [5.74, 6) is -4.91. The zero-order valence-electron chi connectivity index (χ0n) is 32.9. The monoisotopic (exact) mass is 836 g/mol. The molecule has 2 aliphatic rings. The van der Waals surface area contributed by atoms with E-state index in [4.69, 9.17) is 14.2 Å². The number of aryl methyl sites for hydroxylation is 2.